The molecule has 2 N–H and O–H groups in total. The van der Waals surface area contributed by atoms with Crippen LogP contribution in [-0.2, 0) is 4.79 Å². The molecule has 0 spiro atoms. The maximum atomic E-state index is 14.2. The van der Waals surface area contributed by atoms with Gasteiger partial charge in [0.25, 0.3) is 11.5 Å². The zero-order chi connectivity index (χ0) is 31.8. The molecule has 6 rings (SSSR count). The number of amides is 1. The van der Waals surface area contributed by atoms with Crippen LogP contribution in [-0.4, -0.2) is 33.2 Å². The van der Waals surface area contributed by atoms with Gasteiger partial charge < -0.3 is 19.7 Å². The average Bonchev–Trinajstić information content (AvgIpc) is 3.49. The molecule has 1 aliphatic heterocycles. The van der Waals surface area contributed by atoms with Crippen molar-refractivity contribution in [2.45, 2.75) is 26.8 Å². The number of fused-ring (bicyclic) bond motifs is 1. The molecule has 3 heterocycles. The molecule has 0 aliphatic carbocycles. The predicted octanol–water partition coefficient (Wildman–Crippen LogP) is 4.99. The lowest BCUT2D eigenvalue weighted by molar-refractivity contribution is -0.113. The zero-order valence-electron chi connectivity index (χ0n) is 25.1. The summed E-state index contributed by atoms with van der Waals surface area (Å²) in [7, 11) is 1.57. The van der Waals surface area contributed by atoms with Crippen LogP contribution in [0.3, 0.4) is 0 Å². The minimum Gasteiger partial charge on any atom is -0.497 e. The van der Waals surface area contributed by atoms with Crippen molar-refractivity contribution in [1.82, 2.24) is 9.13 Å². The first-order chi connectivity index (χ1) is 21.7. The molecule has 2 aromatic heterocycles. The number of methoxy groups -OCH3 is 1. The monoisotopic (exact) mass is 618 g/mol. The summed E-state index contributed by atoms with van der Waals surface area (Å²) >= 11 is 1.26. The molecule has 0 radical (unpaired) electrons. The standard InChI is InChI=1S/C35H30N4O5S/c1-20-16-25(22(3)38(20)27-14-8-11-24(17-27)34(42)43)19-29-33(41)39-31(23-10-9-15-28(18-23)44-4)30(21(2)36-35(39)45-29)32(40)37-26-12-6-5-7-13-26/h5-19,31H,1-4H3,(H,37,40)(H,42,43)/b29-19-/t31-/m1/s1. The Hall–Kier alpha value is -5.48. The van der Waals surface area contributed by atoms with Gasteiger partial charge in [0.1, 0.15) is 5.75 Å². The quantitative estimate of drug-likeness (QED) is 0.267. The van der Waals surface area contributed by atoms with Gasteiger partial charge in [-0.05, 0) is 86.5 Å². The molecule has 226 valence electrons. The van der Waals surface area contributed by atoms with Crippen LogP contribution in [0.1, 0.15) is 45.8 Å². The zero-order valence-corrected chi connectivity index (χ0v) is 25.9. The molecule has 45 heavy (non-hydrogen) atoms. The first-order valence-electron chi connectivity index (χ1n) is 14.2. The summed E-state index contributed by atoms with van der Waals surface area (Å²) in [6.45, 7) is 5.64. The number of allylic oxidation sites excluding steroid dienone is 1. The summed E-state index contributed by atoms with van der Waals surface area (Å²) in [5, 5.41) is 12.5. The van der Waals surface area contributed by atoms with E-state index in [0.29, 0.717) is 43.3 Å². The van der Waals surface area contributed by atoms with E-state index in [1.807, 2.05) is 79.1 Å². The first kappa shape index (κ1) is 29.6. The van der Waals surface area contributed by atoms with Crippen molar-refractivity contribution in [2.24, 2.45) is 4.99 Å². The van der Waals surface area contributed by atoms with Crippen molar-refractivity contribution in [2.75, 3.05) is 12.4 Å². The molecule has 1 atom stereocenters. The highest BCUT2D eigenvalue weighted by Gasteiger charge is 2.33. The third-order valence-electron chi connectivity index (χ3n) is 7.82. The van der Waals surface area contributed by atoms with Crippen LogP contribution in [0, 0.1) is 13.8 Å². The van der Waals surface area contributed by atoms with Crippen LogP contribution in [0.5, 0.6) is 5.75 Å². The Morgan fingerprint density at radius 3 is 2.47 bits per heavy atom. The molecule has 0 fully saturated rings. The van der Waals surface area contributed by atoms with Crippen molar-refractivity contribution in [3.63, 3.8) is 0 Å². The van der Waals surface area contributed by atoms with E-state index < -0.39 is 12.0 Å². The first-order valence-corrected chi connectivity index (χ1v) is 15.0. The lowest BCUT2D eigenvalue weighted by Crippen LogP contribution is -2.40. The molecule has 0 unspecified atom stereocenters. The van der Waals surface area contributed by atoms with Gasteiger partial charge in [-0.1, -0.05) is 47.7 Å². The van der Waals surface area contributed by atoms with E-state index in [1.54, 1.807) is 48.9 Å². The third kappa shape index (κ3) is 5.51. The fraction of sp³-hybridized carbons (Fsp3) is 0.143. The highest BCUT2D eigenvalue weighted by atomic mass is 32.1. The average molecular weight is 619 g/mol. The number of aromatic carboxylic acids is 1. The summed E-state index contributed by atoms with van der Waals surface area (Å²) in [6.07, 6.45) is 1.83. The summed E-state index contributed by atoms with van der Waals surface area (Å²) in [5.74, 6) is -0.749. The van der Waals surface area contributed by atoms with Gasteiger partial charge in [-0.3, -0.25) is 14.2 Å². The highest BCUT2D eigenvalue weighted by Crippen LogP contribution is 2.32. The van der Waals surface area contributed by atoms with Crippen molar-refractivity contribution in [1.29, 1.82) is 0 Å². The number of anilines is 1. The van der Waals surface area contributed by atoms with Gasteiger partial charge >= 0.3 is 5.97 Å². The van der Waals surface area contributed by atoms with Crippen LogP contribution in [0.25, 0.3) is 11.8 Å². The van der Waals surface area contributed by atoms with Gasteiger partial charge in [-0.15, -0.1) is 0 Å². The Balaban J connectivity index is 1.49. The van der Waals surface area contributed by atoms with Crippen LogP contribution in [0.2, 0.25) is 0 Å². The number of para-hydroxylation sites is 1. The number of thiazole rings is 1. The Morgan fingerprint density at radius 1 is 0.978 bits per heavy atom. The number of aromatic nitrogens is 2. The lowest BCUT2D eigenvalue weighted by atomic mass is 9.95. The molecule has 1 amide bonds. The van der Waals surface area contributed by atoms with E-state index in [0.717, 1.165) is 17.0 Å². The molecule has 5 aromatic rings. The molecular weight excluding hydrogens is 588 g/mol. The molecule has 1 aliphatic rings. The third-order valence-corrected chi connectivity index (χ3v) is 8.80. The minimum atomic E-state index is -1.00. The number of hydrogen-bond acceptors (Lipinski definition) is 6. The van der Waals surface area contributed by atoms with Gasteiger partial charge in [0.2, 0.25) is 0 Å². The number of nitrogens with zero attached hydrogens (tertiary/aromatic N) is 3. The van der Waals surface area contributed by atoms with Gasteiger partial charge in [-0.25, -0.2) is 9.79 Å². The number of hydrogen-bond donors (Lipinski definition) is 2. The summed E-state index contributed by atoms with van der Waals surface area (Å²) < 4.78 is 9.48. The second-order valence-electron chi connectivity index (χ2n) is 10.7. The normalized spacial score (nSPS) is 14.6. The number of aryl methyl sites for hydroxylation is 1. The second kappa shape index (κ2) is 11.9. The van der Waals surface area contributed by atoms with Crippen molar-refractivity contribution in [3.05, 3.63) is 144 Å². The molecule has 0 saturated heterocycles. The van der Waals surface area contributed by atoms with E-state index in [-0.39, 0.29) is 17.0 Å². The molecule has 3 aromatic carbocycles. The molecule has 0 bridgehead atoms. The van der Waals surface area contributed by atoms with Gasteiger partial charge in [0.05, 0.1) is 34.5 Å². The molecule has 10 heteroatoms. The van der Waals surface area contributed by atoms with Crippen molar-refractivity contribution in [3.8, 4) is 11.4 Å². The number of nitrogens with one attached hydrogen (secondary N) is 1. The van der Waals surface area contributed by atoms with Crippen LogP contribution < -0.4 is 24.9 Å². The minimum absolute atomic E-state index is 0.190. The fourth-order valence-corrected chi connectivity index (χ4v) is 6.75. The number of carboxylic acids is 1. The summed E-state index contributed by atoms with van der Waals surface area (Å²) in [5.41, 5.74) is 5.41. The van der Waals surface area contributed by atoms with Gasteiger partial charge in [0.15, 0.2) is 4.80 Å². The van der Waals surface area contributed by atoms with Crippen LogP contribution in [0.4, 0.5) is 5.69 Å². The summed E-state index contributed by atoms with van der Waals surface area (Å²) in [4.78, 5) is 44.8. The van der Waals surface area contributed by atoms with E-state index in [9.17, 15) is 19.5 Å². The molecule has 0 saturated carbocycles. The number of carbonyl (C=O) groups excluding carboxylic acids is 1. The number of ether oxygens (including phenoxy) is 1. The number of carbonyl (C=O) groups is 2. The van der Waals surface area contributed by atoms with Gasteiger partial charge in [-0.2, -0.15) is 0 Å². The molecule has 9 nitrogen and oxygen atoms in total. The summed E-state index contributed by atoms with van der Waals surface area (Å²) in [6, 6.07) is 24.5. The van der Waals surface area contributed by atoms with E-state index in [1.165, 1.54) is 11.3 Å². The highest BCUT2D eigenvalue weighted by molar-refractivity contribution is 7.07. The number of rotatable bonds is 7. The maximum absolute atomic E-state index is 14.2. The Kier molecular flexibility index (Phi) is 7.82. The Bertz CT molecular complexity index is 2190. The number of carboxylic acid groups (broad SMARTS) is 1. The smallest absolute Gasteiger partial charge is 0.335 e. The van der Waals surface area contributed by atoms with Crippen LogP contribution >= 0.6 is 11.3 Å². The van der Waals surface area contributed by atoms with Crippen molar-refractivity contribution >= 4 is 35.0 Å². The van der Waals surface area contributed by atoms with Crippen molar-refractivity contribution < 1.29 is 19.4 Å². The second-order valence-corrected chi connectivity index (χ2v) is 11.7. The fourth-order valence-electron chi connectivity index (χ4n) is 5.71. The van der Waals surface area contributed by atoms with E-state index >= 15 is 0 Å². The SMILES string of the molecule is COc1cccc([C@@H]2C(C(=O)Nc3ccccc3)=C(C)N=c3s/c(=C\c4cc(C)n(-c5cccc(C(=O)O)c5)c4C)c(=O)n32)c1. The maximum Gasteiger partial charge on any atom is 0.335 e. The topological polar surface area (TPSA) is 115 Å². The largest absolute Gasteiger partial charge is 0.497 e. The van der Waals surface area contributed by atoms with E-state index in [2.05, 4.69) is 5.32 Å². The Morgan fingerprint density at radius 2 is 1.73 bits per heavy atom. The molecular formula is C35H30N4O5S. The predicted molar refractivity (Wildman–Crippen MR) is 174 cm³/mol. The van der Waals surface area contributed by atoms with E-state index in [4.69, 9.17) is 9.73 Å². The van der Waals surface area contributed by atoms with Crippen LogP contribution in [0.15, 0.2) is 106 Å². The number of benzene rings is 3. The Labute approximate surface area is 262 Å². The van der Waals surface area contributed by atoms with Gasteiger partial charge in [0, 0.05) is 22.8 Å². The lowest BCUT2D eigenvalue weighted by Gasteiger charge is -2.25.